The van der Waals surface area contributed by atoms with Gasteiger partial charge in [-0.1, -0.05) is 26.0 Å². The lowest BCUT2D eigenvalue weighted by molar-refractivity contribution is -0.118. The minimum atomic E-state index is 0.0139. The van der Waals surface area contributed by atoms with Crippen LogP contribution in [0.5, 0.6) is 0 Å². The Morgan fingerprint density at radius 1 is 1.15 bits per heavy atom. The lowest BCUT2D eigenvalue weighted by Gasteiger charge is -2.32. The van der Waals surface area contributed by atoms with Gasteiger partial charge in [0.25, 0.3) is 0 Å². The van der Waals surface area contributed by atoms with Gasteiger partial charge < -0.3 is 10.2 Å². The molecule has 1 aliphatic rings. The van der Waals surface area contributed by atoms with Crippen molar-refractivity contribution < 1.29 is 4.79 Å². The number of carbonyl (C=O) groups is 1. The van der Waals surface area contributed by atoms with Crippen LogP contribution in [-0.2, 0) is 11.3 Å². The van der Waals surface area contributed by atoms with Crippen LogP contribution in [0.2, 0.25) is 0 Å². The minimum Gasteiger partial charge on any atom is -0.326 e. The predicted octanol–water partition coefficient (Wildman–Crippen LogP) is 2.03. The first-order valence-electron chi connectivity index (χ1n) is 7.35. The molecule has 20 heavy (non-hydrogen) atoms. The molecule has 0 aliphatic carbocycles. The van der Waals surface area contributed by atoms with Gasteiger partial charge >= 0.3 is 0 Å². The highest BCUT2D eigenvalue weighted by atomic mass is 16.1. The quantitative estimate of drug-likeness (QED) is 0.913. The van der Waals surface area contributed by atoms with Crippen LogP contribution in [0.4, 0.5) is 5.69 Å². The molecule has 0 radical (unpaired) electrons. The van der Waals surface area contributed by atoms with Crippen molar-refractivity contribution in [2.24, 2.45) is 5.92 Å². The summed E-state index contributed by atoms with van der Waals surface area (Å²) in [6.07, 6.45) is 0. The number of amides is 1. The molecule has 4 nitrogen and oxygen atoms in total. The first-order chi connectivity index (χ1) is 9.54. The Labute approximate surface area is 121 Å². The number of rotatable bonds is 4. The third-order valence-corrected chi connectivity index (χ3v) is 3.75. The van der Waals surface area contributed by atoms with E-state index in [1.807, 2.05) is 26.0 Å². The van der Waals surface area contributed by atoms with E-state index in [1.165, 1.54) is 5.56 Å². The molecule has 1 saturated heterocycles. The van der Waals surface area contributed by atoms with Crippen molar-refractivity contribution >= 4 is 11.6 Å². The highest BCUT2D eigenvalue weighted by molar-refractivity contribution is 5.91. The summed E-state index contributed by atoms with van der Waals surface area (Å²) in [6, 6.07) is 8.19. The number of nitrogens with zero attached hydrogens (tertiary/aromatic N) is 2. The van der Waals surface area contributed by atoms with Crippen molar-refractivity contribution in [3.05, 3.63) is 29.8 Å². The molecule has 2 rings (SSSR count). The second kappa shape index (κ2) is 6.86. The molecular weight excluding hydrogens is 250 g/mol. The number of likely N-dealkylation sites (N-methyl/N-ethyl adjacent to an activating group) is 1. The molecule has 1 aromatic rings. The number of hydrogen-bond donors (Lipinski definition) is 1. The fraction of sp³-hybridized carbons (Fsp3) is 0.562. The zero-order chi connectivity index (χ0) is 14.5. The van der Waals surface area contributed by atoms with Crippen molar-refractivity contribution in [2.75, 3.05) is 38.5 Å². The zero-order valence-corrected chi connectivity index (χ0v) is 12.7. The number of nitrogens with one attached hydrogen (secondary N) is 1. The van der Waals surface area contributed by atoms with E-state index in [0.29, 0.717) is 0 Å². The molecule has 1 heterocycles. The molecule has 0 saturated carbocycles. The Bertz CT molecular complexity index is 434. The molecule has 4 heteroatoms. The Morgan fingerprint density at radius 3 is 2.30 bits per heavy atom. The molecule has 0 bridgehead atoms. The number of piperazine rings is 1. The molecule has 0 aromatic heterocycles. The fourth-order valence-corrected chi connectivity index (χ4v) is 2.24. The number of hydrogen-bond acceptors (Lipinski definition) is 3. The first-order valence-corrected chi connectivity index (χ1v) is 7.35. The fourth-order valence-electron chi connectivity index (χ4n) is 2.24. The van der Waals surface area contributed by atoms with E-state index >= 15 is 0 Å². The maximum atomic E-state index is 11.6. The second-order valence-corrected chi connectivity index (χ2v) is 5.92. The van der Waals surface area contributed by atoms with E-state index in [4.69, 9.17) is 0 Å². The first kappa shape index (κ1) is 15.0. The molecule has 1 fully saturated rings. The Kier molecular flexibility index (Phi) is 5.15. The molecule has 1 amide bonds. The van der Waals surface area contributed by atoms with Gasteiger partial charge in [-0.15, -0.1) is 0 Å². The standard InChI is InChI=1S/C16H25N3O/c1-13(2)16(20)17-15-6-4-14(5-7-15)12-19-10-8-18(3)9-11-19/h4-7,13H,8-12H2,1-3H3,(H,17,20). The van der Waals surface area contributed by atoms with Crippen molar-refractivity contribution in [1.29, 1.82) is 0 Å². The van der Waals surface area contributed by atoms with Crippen LogP contribution in [0.25, 0.3) is 0 Å². The zero-order valence-electron chi connectivity index (χ0n) is 12.7. The van der Waals surface area contributed by atoms with Crippen molar-refractivity contribution in [2.45, 2.75) is 20.4 Å². The summed E-state index contributed by atoms with van der Waals surface area (Å²) < 4.78 is 0. The molecule has 0 atom stereocenters. The predicted molar refractivity (Wildman–Crippen MR) is 82.7 cm³/mol. The Balaban J connectivity index is 1.87. The van der Waals surface area contributed by atoms with Crippen LogP contribution in [0.15, 0.2) is 24.3 Å². The molecule has 0 spiro atoms. The van der Waals surface area contributed by atoms with E-state index in [-0.39, 0.29) is 11.8 Å². The maximum Gasteiger partial charge on any atom is 0.226 e. The molecular formula is C16H25N3O. The van der Waals surface area contributed by atoms with Crippen molar-refractivity contribution in [1.82, 2.24) is 9.80 Å². The van der Waals surface area contributed by atoms with Gasteiger partial charge in [0.15, 0.2) is 0 Å². The Morgan fingerprint density at radius 2 is 1.75 bits per heavy atom. The molecule has 110 valence electrons. The van der Waals surface area contributed by atoms with Crippen LogP contribution in [0.1, 0.15) is 19.4 Å². The topological polar surface area (TPSA) is 35.6 Å². The summed E-state index contributed by atoms with van der Waals surface area (Å²) >= 11 is 0. The average Bonchev–Trinajstić information content (AvgIpc) is 2.43. The summed E-state index contributed by atoms with van der Waals surface area (Å²) in [6.45, 7) is 9.33. The van der Waals surface area contributed by atoms with E-state index in [0.717, 1.165) is 38.4 Å². The maximum absolute atomic E-state index is 11.6. The van der Waals surface area contributed by atoms with Crippen LogP contribution < -0.4 is 5.32 Å². The van der Waals surface area contributed by atoms with E-state index < -0.39 is 0 Å². The normalized spacial score (nSPS) is 17.4. The third kappa shape index (κ3) is 4.32. The third-order valence-electron chi connectivity index (χ3n) is 3.75. The van der Waals surface area contributed by atoms with E-state index in [9.17, 15) is 4.79 Å². The SMILES string of the molecule is CC(C)C(=O)Nc1ccc(CN2CCN(C)CC2)cc1. The van der Waals surface area contributed by atoms with Gasteiger partial charge in [0.1, 0.15) is 0 Å². The summed E-state index contributed by atoms with van der Waals surface area (Å²) in [5.74, 6) is 0.0804. The van der Waals surface area contributed by atoms with Crippen molar-refractivity contribution in [3.63, 3.8) is 0 Å². The van der Waals surface area contributed by atoms with E-state index in [2.05, 4.69) is 34.3 Å². The second-order valence-electron chi connectivity index (χ2n) is 5.92. The number of carbonyl (C=O) groups excluding carboxylic acids is 1. The molecule has 1 aromatic carbocycles. The van der Waals surface area contributed by atoms with Crippen LogP contribution >= 0.6 is 0 Å². The number of anilines is 1. The van der Waals surface area contributed by atoms with Crippen LogP contribution in [0, 0.1) is 5.92 Å². The van der Waals surface area contributed by atoms with Gasteiger partial charge in [-0.3, -0.25) is 9.69 Å². The molecule has 1 N–H and O–H groups in total. The van der Waals surface area contributed by atoms with Gasteiger partial charge in [0.05, 0.1) is 0 Å². The summed E-state index contributed by atoms with van der Waals surface area (Å²) in [7, 11) is 2.17. The highest BCUT2D eigenvalue weighted by Crippen LogP contribution is 2.13. The Hall–Kier alpha value is -1.39. The lowest BCUT2D eigenvalue weighted by Crippen LogP contribution is -2.43. The minimum absolute atomic E-state index is 0.0139. The average molecular weight is 275 g/mol. The largest absolute Gasteiger partial charge is 0.326 e. The summed E-state index contributed by atoms with van der Waals surface area (Å²) in [5.41, 5.74) is 2.18. The number of benzene rings is 1. The van der Waals surface area contributed by atoms with Gasteiger partial charge in [0.2, 0.25) is 5.91 Å². The van der Waals surface area contributed by atoms with E-state index in [1.54, 1.807) is 0 Å². The summed E-state index contributed by atoms with van der Waals surface area (Å²) in [5, 5.41) is 2.92. The monoisotopic (exact) mass is 275 g/mol. The molecule has 0 unspecified atom stereocenters. The van der Waals surface area contributed by atoms with Gasteiger partial charge in [0, 0.05) is 44.3 Å². The van der Waals surface area contributed by atoms with Gasteiger partial charge in [-0.2, -0.15) is 0 Å². The van der Waals surface area contributed by atoms with Crippen molar-refractivity contribution in [3.8, 4) is 0 Å². The highest BCUT2D eigenvalue weighted by Gasteiger charge is 2.13. The van der Waals surface area contributed by atoms with Crippen LogP contribution in [-0.4, -0.2) is 48.9 Å². The molecule has 1 aliphatic heterocycles. The summed E-state index contributed by atoms with van der Waals surface area (Å²) in [4.78, 5) is 16.5. The van der Waals surface area contributed by atoms with Gasteiger partial charge in [-0.25, -0.2) is 0 Å². The smallest absolute Gasteiger partial charge is 0.226 e. The lowest BCUT2D eigenvalue weighted by atomic mass is 10.1. The van der Waals surface area contributed by atoms with Gasteiger partial charge in [-0.05, 0) is 24.7 Å². The van der Waals surface area contributed by atoms with Crippen LogP contribution in [0.3, 0.4) is 0 Å².